The van der Waals surface area contributed by atoms with Gasteiger partial charge in [0.15, 0.2) is 0 Å². The van der Waals surface area contributed by atoms with Gasteiger partial charge in [-0.15, -0.1) is 22.7 Å². The minimum atomic E-state index is -4.08. The number of sulfone groups is 1. The maximum atomic E-state index is 14.8. The summed E-state index contributed by atoms with van der Waals surface area (Å²) in [6.07, 6.45) is 0. The molecule has 0 aliphatic carbocycles. The lowest BCUT2D eigenvalue weighted by atomic mass is 10.1. The van der Waals surface area contributed by atoms with Crippen LogP contribution >= 0.6 is 22.7 Å². The van der Waals surface area contributed by atoms with Gasteiger partial charge >= 0.3 is 0 Å². The Balaban J connectivity index is 1.83. The van der Waals surface area contributed by atoms with E-state index in [1.165, 1.54) is 22.7 Å². The third-order valence-electron chi connectivity index (χ3n) is 7.32. The van der Waals surface area contributed by atoms with Crippen LogP contribution in [0.2, 0.25) is 0 Å². The Labute approximate surface area is 222 Å². The zero-order valence-electron chi connectivity index (χ0n) is 20.8. The van der Waals surface area contributed by atoms with E-state index in [4.69, 9.17) is 22.9 Å². The minimum absolute atomic E-state index is 0.222. The van der Waals surface area contributed by atoms with E-state index in [0.29, 0.717) is 44.6 Å². The quantitative estimate of drug-likeness (QED) is 0.176. The molecule has 37 heavy (non-hydrogen) atoms. The van der Waals surface area contributed by atoms with Crippen LogP contribution in [-0.2, 0) is 9.84 Å². The standard InChI is InChI=1S/C28H26N4O2S3/c1-11-5-15-21(7-17(11)29)35-23-9-19(31)13(3)27(25(15)23)37(33,34)28-14(4)20(32)10-24-26(28)16-6-12(2)18(30)8-22(16)36-24/h5-10H,29-32H2,1-4H3. The van der Waals surface area contributed by atoms with Crippen molar-refractivity contribution in [3.8, 4) is 0 Å². The lowest BCUT2D eigenvalue weighted by Gasteiger charge is -2.17. The largest absolute Gasteiger partial charge is 0.398 e. The molecule has 0 atom stereocenters. The van der Waals surface area contributed by atoms with E-state index in [2.05, 4.69) is 0 Å². The van der Waals surface area contributed by atoms with Gasteiger partial charge in [0.1, 0.15) is 0 Å². The van der Waals surface area contributed by atoms with Crippen LogP contribution in [0, 0.1) is 27.7 Å². The molecule has 0 saturated heterocycles. The van der Waals surface area contributed by atoms with E-state index < -0.39 is 9.84 Å². The lowest BCUT2D eigenvalue weighted by Crippen LogP contribution is -2.10. The summed E-state index contributed by atoms with van der Waals surface area (Å²) in [6, 6.07) is 11.4. The average molecular weight is 547 g/mol. The summed E-state index contributed by atoms with van der Waals surface area (Å²) in [5.74, 6) is 0. The SMILES string of the molecule is Cc1cc2c(cc1N)sc1cc(N)c(C)c(S(=O)(=O)c3c(C)c(N)cc4sc5cc(N)c(C)cc5c34)c12. The molecular formula is C28H26N4O2S3. The highest BCUT2D eigenvalue weighted by molar-refractivity contribution is 7.92. The van der Waals surface area contributed by atoms with Crippen LogP contribution in [0.3, 0.4) is 0 Å². The molecule has 0 saturated carbocycles. The highest BCUT2D eigenvalue weighted by Crippen LogP contribution is 2.48. The highest BCUT2D eigenvalue weighted by atomic mass is 32.2. The molecule has 0 radical (unpaired) electrons. The van der Waals surface area contributed by atoms with Gasteiger partial charge in [0.25, 0.3) is 0 Å². The van der Waals surface area contributed by atoms with Gasteiger partial charge in [-0.05, 0) is 86.3 Å². The Bertz CT molecular complexity index is 1940. The molecule has 6 nitrogen and oxygen atoms in total. The van der Waals surface area contributed by atoms with Crippen LogP contribution in [0.25, 0.3) is 40.3 Å². The van der Waals surface area contributed by atoms with Crippen LogP contribution in [0.1, 0.15) is 22.3 Å². The summed E-state index contributed by atoms with van der Waals surface area (Å²) in [4.78, 5) is 0.443. The second kappa shape index (κ2) is 7.74. The molecule has 6 aromatic rings. The molecule has 0 bridgehead atoms. The van der Waals surface area contributed by atoms with Gasteiger partial charge in [-0.25, -0.2) is 8.42 Å². The molecule has 2 aromatic heterocycles. The summed E-state index contributed by atoms with van der Waals surface area (Å²) in [7, 11) is -4.08. The number of hydrogen-bond donors (Lipinski definition) is 4. The molecule has 0 unspecified atom stereocenters. The molecule has 0 aliphatic rings. The Hall–Kier alpha value is -3.53. The van der Waals surface area contributed by atoms with Gasteiger partial charge < -0.3 is 22.9 Å². The van der Waals surface area contributed by atoms with Crippen molar-refractivity contribution in [2.45, 2.75) is 37.5 Å². The van der Waals surface area contributed by atoms with Crippen molar-refractivity contribution in [1.82, 2.24) is 0 Å². The Kier molecular flexibility index (Phi) is 4.99. The molecule has 6 rings (SSSR count). The van der Waals surface area contributed by atoms with Gasteiger partial charge in [0.05, 0.1) is 9.79 Å². The van der Waals surface area contributed by atoms with Crippen LogP contribution < -0.4 is 22.9 Å². The van der Waals surface area contributed by atoms with Gasteiger partial charge in [-0.1, -0.05) is 0 Å². The van der Waals surface area contributed by atoms with Crippen molar-refractivity contribution in [3.05, 3.63) is 58.7 Å². The third-order valence-corrected chi connectivity index (χ3v) is 11.6. The number of nitrogens with two attached hydrogens (primary N) is 4. The third kappa shape index (κ3) is 3.24. The van der Waals surface area contributed by atoms with Crippen molar-refractivity contribution in [3.63, 3.8) is 0 Å². The fourth-order valence-corrected chi connectivity index (χ4v) is 9.89. The zero-order chi connectivity index (χ0) is 26.5. The second-order valence-corrected chi connectivity index (χ2v) is 13.7. The van der Waals surface area contributed by atoms with Crippen LogP contribution in [0.15, 0.2) is 46.2 Å². The summed E-state index contributed by atoms with van der Waals surface area (Å²) in [6.45, 7) is 7.39. The number of hydrogen-bond acceptors (Lipinski definition) is 8. The predicted molar refractivity (Wildman–Crippen MR) is 161 cm³/mol. The Morgan fingerprint density at radius 2 is 0.892 bits per heavy atom. The highest BCUT2D eigenvalue weighted by Gasteiger charge is 2.32. The Morgan fingerprint density at radius 1 is 0.541 bits per heavy atom. The summed E-state index contributed by atoms with van der Waals surface area (Å²) in [5.41, 5.74) is 30.2. The van der Waals surface area contributed by atoms with E-state index in [9.17, 15) is 8.42 Å². The van der Waals surface area contributed by atoms with E-state index in [1.807, 2.05) is 50.2 Å². The predicted octanol–water partition coefficient (Wildman–Crippen LogP) is 6.82. The van der Waals surface area contributed by atoms with Gasteiger partial charge in [-0.3, -0.25) is 0 Å². The maximum Gasteiger partial charge on any atom is 0.208 e. The van der Waals surface area contributed by atoms with E-state index in [0.717, 1.165) is 40.7 Å². The van der Waals surface area contributed by atoms with Gasteiger partial charge in [0, 0.05) is 63.1 Å². The van der Waals surface area contributed by atoms with Crippen LogP contribution in [0.5, 0.6) is 0 Å². The molecule has 8 N–H and O–H groups in total. The number of anilines is 4. The van der Waals surface area contributed by atoms with E-state index in [-0.39, 0.29) is 9.79 Å². The number of nitrogen functional groups attached to an aromatic ring is 4. The first-order valence-electron chi connectivity index (χ1n) is 11.7. The number of benzene rings is 4. The van der Waals surface area contributed by atoms with Crippen molar-refractivity contribution in [1.29, 1.82) is 0 Å². The molecule has 9 heteroatoms. The molecule has 0 aliphatic heterocycles. The summed E-state index contributed by atoms with van der Waals surface area (Å²) < 4.78 is 33.1. The molecule has 188 valence electrons. The van der Waals surface area contributed by atoms with E-state index >= 15 is 0 Å². The smallest absolute Gasteiger partial charge is 0.208 e. The fourth-order valence-electron chi connectivity index (χ4n) is 5.15. The molecule has 0 amide bonds. The van der Waals surface area contributed by atoms with Crippen molar-refractivity contribution >= 4 is 95.6 Å². The average Bonchev–Trinajstić information content (AvgIpc) is 3.32. The first kappa shape index (κ1) is 23.8. The van der Waals surface area contributed by atoms with Crippen molar-refractivity contribution in [2.75, 3.05) is 22.9 Å². The number of fused-ring (bicyclic) bond motifs is 6. The molecule has 0 fully saturated rings. The first-order valence-corrected chi connectivity index (χ1v) is 14.8. The molecule has 0 spiro atoms. The van der Waals surface area contributed by atoms with Crippen LogP contribution in [-0.4, -0.2) is 8.42 Å². The van der Waals surface area contributed by atoms with Gasteiger partial charge in [-0.2, -0.15) is 0 Å². The topological polar surface area (TPSA) is 138 Å². The monoisotopic (exact) mass is 546 g/mol. The summed E-state index contributed by atoms with van der Waals surface area (Å²) in [5, 5.41) is 3.05. The number of thiophene rings is 2. The number of aryl methyl sites for hydroxylation is 2. The van der Waals surface area contributed by atoms with Crippen molar-refractivity contribution < 1.29 is 8.42 Å². The van der Waals surface area contributed by atoms with E-state index in [1.54, 1.807) is 13.8 Å². The summed E-state index contributed by atoms with van der Waals surface area (Å²) >= 11 is 2.98. The zero-order valence-corrected chi connectivity index (χ0v) is 23.3. The number of rotatable bonds is 2. The van der Waals surface area contributed by atoms with Crippen LogP contribution in [0.4, 0.5) is 22.7 Å². The maximum absolute atomic E-state index is 14.8. The Morgan fingerprint density at radius 3 is 1.27 bits per heavy atom. The van der Waals surface area contributed by atoms with Crippen molar-refractivity contribution in [2.24, 2.45) is 0 Å². The lowest BCUT2D eigenvalue weighted by molar-refractivity contribution is 0.597. The fraction of sp³-hybridized carbons (Fsp3) is 0.143. The molecule has 4 aromatic carbocycles. The minimum Gasteiger partial charge on any atom is -0.398 e. The normalized spacial score (nSPS) is 12.4. The second-order valence-electron chi connectivity index (χ2n) is 9.70. The molecular weight excluding hydrogens is 521 g/mol. The first-order chi connectivity index (χ1) is 17.4. The van der Waals surface area contributed by atoms with Gasteiger partial charge in [0.2, 0.25) is 9.84 Å². The molecule has 2 heterocycles.